The number of amides is 2. The molecule has 2 amide bonds. The molecule has 1 aliphatic heterocycles. The molecule has 0 atom stereocenters. The molecule has 1 saturated heterocycles. The van der Waals surface area contributed by atoms with Crippen LogP contribution in [0.5, 0.6) is 5.75 Å². The third kappa shape index (κ3) is 6.32. The maximum absolute atomic E-state index is 11.7. The van der Waals surface area contributed by atoms with Crippen molar-refractivity contribution in [1.82, 2.24) is 10.3 Å². The van der Waals surface area contributed by atoms with Crippen LogP contribution in [0.1, 0.15) is 28.1 Å². The minimum atomic E-state index is -1.17. The summed E-state index contributed by atoms with van der Waals surface area (Å²) in [5, 5.41) is 27.3. The first-order chi connectivity index (χ1) is 18.2. The summed E-state index contributed by atoms with van der Waals surface area (Å²) in [6.07, 6.45) is 3.44. The van der Waals surface area contributed by atoms with Gasteiger partial charge in [-0.3, -0.25) is 0 Å². The third-order valence-electron chi connectivity index (χ3n) is 6.17. The number of aromatic carboxylic acids is 1. The van der Waals surface area contributed by atoms with E-state index in [2.05, 4.69) is 25.8 Å². The molecule has 38 heavy (non-hydrogen) atoms. The van der Waals surface area contributed by atoms with E-state index >= 15 is 0 Å². The van der Waals surface area contributed by atoms with E-state index in [4.69, 9.17) is 9.84 Å². The fourth-order valence-electron chi connectivity index (χ4n) is 4.30. The number of pyridine rings is 1. The smallest absolute Gasteiger partial charge is 0.349 e. The molecule has 4 rings (SSSR count). The second kappa shape index (κ2) is 11.8. The Bertz CT molecular complexity index is 1320. The van der Waals surface area contributed by atoms with Gasteiger partial charge < -0.3 is 35.8 Å². The number of aromatic nitrogens is 1. The Morgan fingerprint density at radius 1 is 1.13 bits per heavy atom. The van der Waals surface area contributed by atoms with Gasteiger partial charge in [-0.2, -0.15) is 0 Å². The molecule has 0 saturated carbocycles. The average Bonchev–Trinajstić information content (AvgIpc) is 3.25. The van der Waals surface area contributed by atoms with E-state index in [0.29, 0.717) is 11.3 Å². The molecule has 200 valence electrons. The van der Waals surface area contributed by atoms with E-state index in [9.17, 15) is 19.5 Å². The summed E-state index contributed by atoms with van der Waals surface area (Å²) in [6.45, 7) is 2.77. The summed E-state index contributed by atoms with van der Waals surface area (Å²) in [5.74, 6) is -1.37. The van der Waals surface area contributed by atoms with Crippen LogP contribution in [0, 0.1) is 6.92 Å². The lowest BCUT2D eigenvalue weighted by Gasteiger charge is -2.33. The lowest BCUT2D eigenvalue weighted by atomic mass is 10.0. The number of rotatable bonds is 9. The van der Waals surface area contributed by atoms with Gasteiger partial charge in [-0.05, 0) is 49.6 Å². The molecule has 2 aromatic heterocycles. The maximum Gasteiger partial charge on any atom is 0.349 e. The van der Waals surface area contributed by atoms with Crippen LogP contribution < -0.4 is 25.6 Å². The number of aliphatic carboxylic acids is 1. The van der Waals surface area contributed by atoms with Crippen LogP contribution in [-0.2, 0) is 4.79 Å². The van der Waals surface area contributed by atoms with E-state index in [1.54, 1.807) is 20.2 Å². The van der Waals surface area contributed by atoms with E-state index in [1.165, 1.54) is 0 Å². The second-order valence-electron chi connectivity index (χ2n) is 8.80. The van der Waals surface area contributed by atoms with Crippen LogP contribution in [0.15, 0.2) is 42.6 Å². The number of carboxylic acid groups (broad SMARTS) is 2. The highest BCUT2D eigenvalue weighted by atomic mass is 32.1. The molecule has 5 N–H and O–H groups in total. The number of hydrogen-bond acceptors (Lipinski definition) is 8. The fraction of sp³-hybridized carbons (Fsp3) is 0.308. The van der Waals surface area contributed by atoms with Gasteiger partial charge in [0.25, 0.3) is 0 Å². The molecule has 0 bridgehead atoms. The van der Waals surface area contributed by atoms with Gasteiger partial charge in [0.05, 0.1) is 11.9 Å². The highest BCUT2D eigenvalue weighted by Gasteiger charge is 2.24. The van der Waals surface area contributed by atoms with Gasteiger partial charge in [0.15, 0.2) is 11.5 Å². The molecular formula is C26H29N5O6S. The Hall–Kier alpha value is -4.32. The van der Waals surface area contributed by atoms with Crippen molar-refractivity contribution < 1.29 is 29.3 Å². The number of carbonyl (C=O) groups excluding carboxylic acids is 1. The fourth-order valence-corrected chi connectivity index (χ4v) is 5.39. The Kier molecular flexibility index (Phi) is 8.31. The van der Waals surface area contributed by atoms with E-state index < -0.39 is 18.5 Å². The van der Waals surface area contributed by atoms with Gasteiger partial charge in [-0.15, -0.1) is 11.3 Å². The number of carboxylic acids is 2. The first kappa shape index (κ1) is 26.7. The number of benzene rings is 1. The Labute approximate surface area is 223 Å². The predicted octanol–water partition coefficient (Wildman–Crippen LogP) is 4.11. The lowest BCUT2D eigenvalue weighted by molar-refractivity contribution is -0.139. The molecule has 1 aromatic carbocycles. The van der Waals surface area contributed by atoms with E-state index in [0.717, 1.165) is 59.2 Å². The molecule has 1 aliphatic rings. The SMILES string of the molecule is CNC(=O)Nc1ccc(N2CCC(Nc3cccc(-c4sc(C(=O)O)c(OCC(=O)O)c4C)c3)CC2)nc1. The number of urea groups is 1. The number of carbonyl (C=O) groups is 3. The van der Waals surface area contributed by atoms with Gasteiger partial charge in [0.2, 0.25) is 0 Å². The van der Waals surface area contributed by atoms with Gasteiger partial charge in [0, 0.05) is 42.3 Å². The van der Waals surface area contributed by atoms with Crippen LogP contribution >= 0.6 is 11.3 Å². The van der Waals surface area contributed by atoms with Crippen molar-refractivity contribution in [2.45, 2.75) is 25.8 Å². The van der Waals surface area contributed by atoms with Gasteiger partial charge in [-0.25, -0.2) is 19.4 Å². The van der Waals surface area contributed by atoms with Gasteiger partial charge >= 0.3 is 18.0 Å². The minimum absolute atomic E-state index is 0.0180. The van der Waals surface area contributed by atoms with Crippen molar-refractivity contribution in [3.8, 4) is 16.2 Å². The van der Waals surface area contributed by atoms with Crippen LogP contribution in [0.2, 0.25) is 0 Å². The summed E-state index contributed by atoms with van der Waals surface area (Å²) in [4.78, 5) is 41.5. The molecule has 0 aliphatic carbocycles. The zero-order chi connectivity index (χ0) is 27.2. The number of piperidine rings is 1. The van der Waals surface area contributed by atoms with Crippen molar-refractivity contribution in [3.63, 3.8) is 0 Å². The highest BCUT2D eigenvalue weighted by Crippen LogP contribution is 2.42. The summed E-state index contributed by atoms with van der Waals surface area (Å²) < 4.78 is 5.30. The number of ether oxygens (including phenoxy) is 1. The summed E-state index contributed by atoms with van der Waals surface area (Å²) in [6, 6.07) is 11.4. The number of anilines is 3. The number of hydrogen-bond donors (Lipinski definition) is 5. The van der Waals surface area contributed by atoms with E-state index in [-0.39, 0.29) is 22.7 Å². The highest BCUT2D eigenvalue weighted by molar-refractivity contribution is 7.18. The van der Waals surface area contributed by atoms with Crippen LogP contribution in [0.3, 0.4) is 0 Å². The minimum Gasteiger partial charge on any atom is -0.480 e. The molecule has 1 fully saturated rings. The molecule has 3 heterocycles. The van der Waals surface area contributed by atoms with Crippen LogP contribution in [0.4, 0.5) is 22.0 Å². The first-order valence-corrected chi connectivity index (χ1v) is 12.8. The molecule has 11 nitrogen and oxygen atoms in total. The normalized spacial score (nSPS) is 13.6. The van der Waals surface area contributed by atoms with Crippen LogP contribution in [-0.4, -0.2) is 66.0 Å². The zero-order valence-electron chi connectivity index (χ0n) is 21.0. The first-order valence-electron chi connectivity index (χ1n) is 12.0. The van der Waals surface area contributed by atoms with Crippen molar-refractivity contribution in [2.75, 3.05) is 42.3 Å². The Morgan fingerprint density at radius 2 is 1.89 bits per heavy atom. The van der Waals surface area contributed by atoms with Crippen molar-refractivity contribution >= 4 is 46.5 Å². The largest absolute Gasteiger partial charge is 0.480 e. The summed E-state index contributed by atoms with van der Waals surface area (Å²) >= 11 is 1.07. The van der Waals surface area contributed by atoms with Gasteiger partial charge in [-0.1, -0.05) is 12.1 Å². The summed E-state index contributed by atoms with van der Waals surface area (Å²) in [7, 11) is 1.56. The maximum atomic E-state index is 11.7. The number of nitrogens with zero attached hydrogens (tertiary/aromatic N) is 2. The Morgan fingerprint density at radius 3 is 2.53 bits per heavy atom. The quantitative estimate of drug-likeness (QED) is 0.270. The monoisotopic (exact) mass is 539 g/mol. The Balaban J connectivity index is 1.40. The standard InChI is InChI=1S/C26H29N5O6S/c1-15-22(37-14-21(32)33)24(25(34)35)38-23(15)16-4-3-5-18(12-16)29-17-8-10-31(11-9-17)20-7-6-19(13-28-20)30-26(36)27-2/h3-7,12-13,17,29H,8-11,14H2,1-2H3,(H,32,33)(H,34,35)(H2,27,30,36). The molecule has 12 heteroatoms. The summed E-state index contributed by atoms with van der Waals surface area (Å²) in [5.41, 5.74) is 2.98. The van der Waals surface area contributed by atoms with Crippen molar-refractivity contribution in [2.24, 2.45) is 0 Å². The number of thiophene rings is 1. The average molecular weight is 540 g/mol. The molecule has 3 aromatic rings. The molecular weight excluding hydrogens is 510 g/mol. The lowest BCUT2D eigenvalue weighted by Crippen LogP contribution is -2.39. The molecule has 0 unspecified atom stereocenters. The van der Waals surface area contributed by atoms with Gasteiger partial charge in [0.1, 0.15) is 11.6 Å². The number of nitrogens with one attached hydrogen (secondary N) is 3. The van der Waals surface area contributed by atoms with Crippen molar-refractivity contribution in [1.29, 1.82) is 0 Å². The van der Waals surface area contributed by atoms with E-state index in [1.807, 2.05) is 36.4 Å². The zero-order valence-corrected chi connectivity index (χ0v) is 21.8. The molecule has 0 spiro atoms. The van der Waals surface area contributed by atoms with Crippen LogP contribution in [0.25, 0.3) is 10.4 Å². The topological polar surface area (TPSA) is 153 Å². The van der Waals surface area contributed by atoms with Crippen molar-refractivity contribution in [3.05, 3.63) is 53.0 Å². The molecule has 0 radical (unpaired) electrons. The third-order valence-corrected chi connectivity index (χ3v) is 7.48. The predicted molar refractivity (Wildman–Crippen MR) is 146 cm³/mol. The second-order valence-corrected chi connectivity index (χ2v) is 9.82.